The number of rotatable bonds is 3. The van der Waals surface area contributed by atoms with Gasteiger partial charge in [0.05, 0.1) is 40.7 Å². The van der Waals surface area contributed by atoms with Crippen LogP contribution in [0.5, 0.6) is 0 Å². The Hall–Kier alpha value is -3.88. The maximum atomic E-state index is 15.7. The van der Waals surface area contributed by atoms with Gasteiger partial charge in [0.15, 0.2) is 11.6 Å². The summed E-state index contributed by atoms with van der Waals surface area (Å²) >= 11 is 0. The smallest absolute Gasteiger partial charge is 0.161 e. The monoisotopic (exact) mass is 428 g/mol. The number of pyridine rings is 3. The maximum absolute atomic E-state index is 15.7. The molecule has 1 fully saturated rings. The van der Waals surface area contributed by atoms with Crippen molar-refractivity contribution in [2.24, 2.45) is 0 Å². The minimum atomic E-state index is -0.447. The summed E-state index contributed by atoms with van der Waals surface area (Å²) in [5.74, 6) is 0.0497. The number of anilines is 1. The highest BCUT2D eigenvalue weighted by Gasteiger charge is 2.22. The average Bonchev–Trinajstić information content (AvgIpc) is 3.45. The number of hydrogen-bond acceptors (Lipinski definition) is 6. The van der Waals surface area contributed by atoms with Crippen LogP contribution in [0.25, 0.3) is 44.7 Å². The number of imidazole rings is 1. The van der Waals surface area contributed by atoms with Gasteiger partial charge in [-0.05, 0) is 37.8 Å². The van der Waals surface area contributed by atoms with Crippen LogP contribution in [0.15, 0.2) is 37.1 Å². The summed E-state index contributed by atoms with van der Waals surface area (Å²) in [4.78, 5) is 23.3. The fourth-order valence-corrected chi connectivity index (χ4v) is 4.44. The molecule has 0 spiro atoms. The van der Waals surface area contributed by atoms with E-state index in [1.165, 1.54) is 6.42 Å². The molecule has 0 aliphatic carbocycles. The summed E-state index contributed by atoms with van der Waals surface area (Å²) in [7, 11) is 0. The minimum Gasteiger partial charge on any atom is -0.368 e. The van der Waals surface area contributed by atoms with E-state index in [1.54, 1.807) is 24.8 Å². The molecule has 32 heavy (non-hydrogen) atoms. The lowest BCUT2D eigenvalue weighted by molar-refractivity contribution is 0.578. The largest absolute Gasteiger partial charge is 0.368 e. The molecule has 0 aromatic carbocycles. The first-order chi connectivity index (χ1) is 15.7. The Bertz CT molecular complexity index is 1450. The molecule has 1 saturated heterocycles. The van der Waals surface area contributed by atoms with E-state index in [9.17, 15) is 0 Å². The van der Waals surface area contributed by atoms with Gasteiger partial charge in [0.2, 0.25) is 0 Å². The first-order valence-electron chi connectivity index (χ1n) is 10.7. The molecular weight excluding hydrogens is 407 g/mol. The molecule has 1 aliphatic heterocycles. The first kappa shape index (κ1) is 18.9. The number of hydrogen-bond donors (Lipinski definition) is 2. The molecule has 0 amide bonds. The molecule has 0 bridgehead atoms. The number of nitrogens with zero attached hydrogens (tertiary/aromatic N) is 6. The van der Waals surface area contributed by atoms with Crippen LogP contribution in [0.4, 0.5) is 10.1 Å². The molecule has 160 valence electrons. The Balaban J connectivity index is 1.51. The van der Waals surface area contributed by atoms with Gasteiger partial charge >= 0.3 is 0 Å². The van der Waals surface area contributed by atoms with Crippen molar-refractivity contribution in [2.75, 3.05) is 18.0 Å². The fraction of sp³-hybridized carbons (Fsp3) is 0.261. The molecule has 0 radical (unpaired) electrons. The summed E-state index contributed by atoms with van der Waals surface area (Å²) in [6.45, 7) is 3.89. The van der Waals surface area contributed by atoms with E-state index in [0.29, 0.717) is 28.0 Å². The summed E-state index contributed by atoms with van der Waals surface area (Å²) < 4.78 is 15.7. The zero-order valence-electron chi connectivity index (χ0n) is 17.6. The molecule has 9 heteroatoms. The Labute approximate surface area is 183 Å². The van der Waals surface area contributed by atoms with Crippen molar-refractivity contribution in [3.8, 4) is 22.8 Å². The molecular formula is C23H21FN8. The van der Waals surface area contributed by atoms with Crippen molar-refractivity contribution in [1.29, 1.82) is 0 Å². The number of fused-ring (bicyclic) bond motifs is 2. The van der Waals surface area contributed by atoms with Gasteiger partial charge in [-0.2, -0.15) is 5.10 Å². The molecule has 0 saturated carbocycles. The maximum Gasteiger partial charge on any atom is 0.161 e. The summed E-state index contributed by atoms with van der Waals surface area (Å²) in [6.07, 6.45) is 12.1. The Morgan fingerprint density at radius 2 is 1.84 bits per heavy atom. The zero-order chi connectivity index (χ0) is 21.7. The van der Waals surface area contributed by atoms with Crippen LogP contribution in [0.1, 0.15) is 24.8 Å². The molecule has 5 aromatic rings. The van der Waals surface area contributed by atoms with E-state index in [-0.39, 0.29) is 5.69 Å². The van der Waals surface area contributed by atoms with Gasteiger partial charge < -0.3 is 9.88 Å². The lowest BCUT2D eigenvalue weighted by atomic mass is 10.1. The molecule has 8 nitrogen and oxygen atoms in total. The lowest BCUT2D eigenvalue weighted by Gasteiger charge is -2.28. The number of nitrogens with one attached hydrogen (secondary N) is 2. The number of aryl methyl sites for hydroxylation is 1. The highest BCUT2D eigenvalue weighted by molar-refractivity contribution is 5.97. The minimum absolute atomic E-state index is 0.248. The first-order valence-corrected chi connectivity index (χ1v) is 10.7. The van der Waals surface area contributed by atoms with Crippen molar-refractivity contribution in [3.63, 3.8) is 0 Å². The van der Waals surface area contributed by atoms with Crippen molar-refractivity contribution in [1.82, 2.24) is 35.1 Å². The van der Waals surface area contributed by atoms with E-state index in [1.807, 2.05) is 19.2 Å². The van der Waals surface area contributed by atoms with Crippen LogP contribution in [-0.4, -0.2) is 48.2 Å². The molecule has 6 heterocycles. The lowest BCUT2D eigenvalue weighted by Crippen LogP contribution is -2.29. The predicted molar refractivity (Wildman–Crippen MR) is 121 cm³/mol. The Morgan fingerprint density at radius 3 is 2.69 bits per heavy atom. The average molecular weight is 428 g/mol. The van der Waals surface area contributed by atoms with Crippen LogP contribution < -0.4 is 4.90 Å². The molecule has 2 N–H and O–H groups in total. The third-order valence-electron chi connectivity index (χ3n) is 6.13. The fourth-order valence-electron chi connectivity index (χ4n) is 4.44. The van der Waals surface area contributed by atoms with Gasteiger partial charge in [0.1, 0.15) is 16.9 Å². The van der Waals surface area contributed by atoms with Crippen LogP contribution in [0.2, 0.25) is 0 Å². The molecule has 6 rings (SSSR count). The van der Waals surface area contributed by atoms with Crippen molar-refractivity contribution >= 4 is 27.6 Å². The topological polar surface area (TPSA) is 99.3 Å². The van der Waals surface area contributed by atoms with Crippen LogP contribution in [0, 0.1) is 12.7 Å². The number of halogens is 1. The van der Waals surface area contributed by atoms with E-state index >= 15 is 4.39 Å². The number of aromatic nitrogens is 7. The van der Waals surface area contributed by atoms with Gasteiger partial charge in [0.25, 0.3) is 0 Å². The predicted octanol–water partition coefficient (Wildman–Crippen LogP) is 4.40. The summed E-state index contributed by atoms with van der Waals surface area (Å²) in [5, 5.41) is 7.61. The van der Waals surface area contributed by atoms with Gasteiger partial charge in [-0.3, -0.25) is 20.1 Å². The zero-order valence-corrected chi connectivity index (χ0v) is 17.6. The number of H-pyrrole nitrogens is 2. The van der Waals surface area contributed by atoms with Crippen LogP contribution in [0.3, 0.4) is 0 Å². The van der Waals surface area contributed by atoms with Crippen LogP contribution in [-0.2, 0) is 0 Å². The Kier molecular flexibility index (Phi) is 4.34. The highest BCUT2D eigenvalue weighted by Crippen LogP contribution is 2.34. The van der Waals surface area contributed by atoms with Crippen molar-refractivity contribution in [3.05, 3.63) is 48.4 Å². The normalized spacial score (nSPS) is 14.5. The van der Waals surface area contributed by atoms with Gasteiger partial charge in [0, 0.05) is 31.0 Å². The second-order valence-electron chi connectivity index (χ2n) is 8.16. The van der Waals surface area contributed by atoms with Gasteiger partial charge in [-0.1, -0.05) is 0 Å². The molecule has 0 unspecified atom stereocenters. The second kappa shape index (κ2) is 7.37. The highest BCUT2D eigenvalue weighted by atomic mass is 19.1. The number of piperidine rings is 1. The molecule has 0 atom stereocenters. The quantitative estimate of drug-likeness (QED) is 0.442. The standard InChI is InChI=1S/C23H21FN8/c1-13-5-6-25-9-14(13)20-19(24)18-15(11-27-20)30-31-22(18)23-28-16-10-26-12-17(21(16)29-23)32-7-3-2-4-8-32/h5-6,9-12H,2-4,7-8H2,1H3,(H,28,29)(H,30,31). The summed E-state index contributed by atoms with van der Waals surface area (Å²) in [5.41, 5.74) is 5.36. The molecule has 1 aliphatic rings. The van der Waals surface area contributed by atoms with E-state index in [2.05, 4.69) is 35.0 Å². The third-order valence-corrected chi connectivity index (χ3v) is 6.13. The number of aromatic amines is 2. The Morgan fingerprint density at radius 1 is 0.969 bits per heavy atom. The van der Waals surface area contributed by atoms with Crippen LogP contribution >= 0.6 is 0 Å². The molecule has 5 aromatic heterocycles. The van der Waals surface area contributed by atoms with Crippen molar-refractivity contribution < 1.29 is 4.39 Å². The van der Waals surface area contributed by atoms with E-state index < -0.39 is 5.82 Å². The summed E-state index contributed by atoms with van der Waals surface area (Å²) in [6, 6.07) is 1.84. The van der Waals surface area contributed by atoms with Crippen molar-refractivity contribution in [2.45, 2.75) is 26.2 Å². The SMILES string of the molecule is Cc1ccncc1-c1ncc2[nH]nc(-c3nc4c(N5CCCCC5)cncc4[nH]3)c2c1F. The third kappa shape index (κ3) is 2.92. The van der Waals surface area contributed by atoms with E-state index in [4.69, 9.17) is 4.98 Å². The van der Waals surface area contributed by atoms with Gasteiger partial charge in [-0.15, -0.1) is 0 Å². The van der Waals surface area contributed by atoms with Gasteiger partial charge in [-0.25, -0.2) is 9.37 Å². The van der Waals surface area contributed by atoms with E-state index in [0.717, 1.165) is 48.2 Å². The second-order valence-corrected chi connectivity index (χ2v) is 8.16.